The largest absolute Gasteiger partial charge is 0.427 e. The van der Waals surface area contributed by atoms with Crippen LogP contribution in [0.3, 0.4) is 0 Å². The first-order valence-corrected chi connectivity index (χ1v) is 5.50. The summed E-state index contributed by atoms with van der Waals surface area (Å²) in [6.07, 6.45) is -2.68. The van der Waals surface area contributed by atoms with Gasteiger partial charge in [0.05, 0.1) is 6.20 Å². The van der Waals surface area contributed by atoms with E-state index in [2.05, 4.69) is 4.98 Å². The van der Waals surface area contributed by atoms with Gasteiger partial charge in [0.25, 0.3) is 0 Å². The zero-order chi connectivity index (χ0) is 12.2. The van der Waals surface area contributed by atoms with E-state index in [1.54, 1.807) is 19.1 Å². The zero-order valence-corrected chi connectivity index (χ0v) is 9.86. The number of hydrogen-bond donors (Lipinski definition) is 0. The second-order valence-electron chi connectivity index (χ2n) is 3.27. The summed E-state index contributed by atoms with van der Waals surface area (Å²) in [4.78, 5) is 4.77. The van der Waals surface area contributed by atoms with Gasteiger partial charge < -0.3 is 9.64 Å². The summed E-state index contributed by atoms with van der Waals surface area (Å²) in [6, 6.07) is 0. The number of aromatic nitrogens is 1. The standard InChI is InChI=1S/C9H13F3N2OS/c1-14(4-3-5-15-2)8-13-6-7(16-8)9(10,11)12/h6H,3-5H2,1-2H3. The van der Waals surface area contributed by atoms with Gasteiger partial charge in [-0.2, -0.15) is 13.2 Å². The van der Waals surface area contributed by atoms with Crippen LogP contribution in [-0.2, 0) is 10.9 Å². The maximum Gasteiger partial charge on any atom is 0.427 e. The molecule has 0 fully saturated rings. The Morgan fingerprint density at radius 3 is 2.69 bits per heavy atom. The molecule has 92 valence electrons. The predicted molar refractivity (Wildman–Crippen MR) is 56.9 cm³/mol. The van der Waals surface area contributed by atoms with Gasteiger partial charge >= 0.3 is 6.18 Å². The van der Waals surface area contributed by atoms with Crippen molar-refractivity contribution in [2.75, 3.05) is 32.2 Å². The van der Waals surface area contributed by atoms with Crippen molar-refractivity contribution >= 4 is 16.5 Å². The second kappa shape index (κ2) is 5.49. The molecule has 0 aliphatic rings. The van der Waals surface area contributed by atoms with Gasteiger partial charge in [-0.15, -0.1) is 0 Å². The van der Waals surface area contributed by atoms with Crippen molar-refractivity contribution in [3.8, 4) is 0 Å². The van der Waals surface area contributed by atoms with Crippen LogP contribution >= 0.6 is 11.3 Å². The molecule has 0 bridgehead atoms. The second-order valence-corrected chi connectivity index (χ2v) is 4.28. The molecule has 0 N–H and O–H groups in total. The maximum absolute atomic E-state index is 12.3. The van der Waals surface area contributed by atoms with E-state index < -0.39 is 11.1 Å². The van der Waals surface area contributed by atoms with Crippen molar-refractivity contribution in [2.45, 2.75) is 12.6 Å². The molecule has 1 aromatic rings. The number of methoxy groups -OCH3 is 1. The molecule has 0 unspecified atom stereocenters. The summed E-state index contributed by atoms with van der Waals surface area (Å²) in [5.41, 5.74) is 0. The number of anilines is 1. The summed E-state index contributed by atoms with van der Waals surface area (Å²) in [7, 11) is 3.31. The molecule has 1 rings (SSSR count). The lowest BCUT2D eigenvalue weighted by Crippen LogP contribution is -2.19. The molecule has 3 nitrogen and oxygen atoms in total. The van der Waals surface area contributed by atoms with Gasteiger partial charge in [-0.1, -0.05) is 11.3 Å². The van der Waals surface area contributed by atoms with Gasteiger partial charge in [0, 0.05) is 27.3 Å². The highest BCUT2D eigenvalue weighted by Gasteiger charge is 2.33. The molecule has 0 radical (unpaired) electrons. The first-order valence-electron chi connectivity index (χ1n) is 4.68. The van der Waals surface area contributed by atoms with Crippen molar-refractivity contribution in [2.24, 2.45) is 0 Å². The van der Waals surface area contributed by atoms with Crippen LogP contribution in [0.1, 0.15) is 11.3 Å². The van der Waals surface area contributed by atoms with Gasteiger partial charge in [0.2, 0.25) is 0 Å². The van der Waals surface area contributed by atoms with Crippen LogP contribution < -0.4 is 4.90 Å². The average Bonchev–Trinajstić information content (AvgIpc) is 2.66. The number of hydrogen-bond acceptors (Lipinski definition) is 4. The third-order valence-electron chi connectivity index (χ3n) is 1.94. The fourth-order valence-electron chi connectivity index (χ4n) is 1.11. The molecule has 0 amide bonds. The summed E-state index contributed by atoms with van der Waals surface area (Å²) in [6.45, 7) is 1.21. The molecule has 0 atom stereocenters. The molecule has 7 heteroatoms. The van der Waals surface area contributed by atoms with E-state index in [0.717, 1.165) is 12.6 Å². The monoisotopic (exact) mass is 254 g/mol. The minimum absolute atomic E-state index is 0.378. The minimum atomic E-state index is -4.30. The Hall–Kier alpha value is -0.820. The molecule has 1 heterocycles. The molecule has 0 aliphatic heterocycles. The number of thiazole rings is 1. The Kier molecular flexibility index (Phi) is 4.55. The molecule has 0 saturated carbocycles. The van der Waals surface area contributed by atoms with Crippen LogP contribution in [0.15, 0.2) is 6.20 Å². The normalized spacial score (nSPS) is 11.8. The fraction of sp³-hybridized carbons (Fsp3) is 0.667. The first-order chi connectivity index (χ1) is 7.45. The highest BCUT2D eigenvalue weighted by Crippen LogP contribution is 2.35. The SMILES string of the molecule is COCCCN(C)c1ncc(C(F)(F)F)s1. The van der Waals surface area contributed by atoms with Gasteiger partial charge in [0.1, 0.15) is 4.88 Å². The van der Waals surface area contributed by atoms with Crippen LogP contribution in [-0.4, -0.2) is 32.3 Å². The van der Waals surface area contributed by atoms with Crippen molar-refractivity contribution < 1.29 is 17.9 Å². The van der Waals surface area contributed by atoms with E-state index in [-0.39, 0.29) is 0 Å². The van der Waals surface area contributed by atoms with Crippen LogP contribution in [0.25, 0.3) is 0 Å². The van der Waals surface area contributed by atoms with Gasteiger partial charge in [-0.3, -0.25) is 0 Å². The zero-order valence-electron chi connectivity index (χ0n) is 9.04. The van der Waals surface area contributed by atoms with Crippen molar-refractivity contribution in [3.63, 3.8) is 0 Å². The molecule has 16 heavy (non-hydrogen) atoms. The van der Waals surface area contributed by atoms with Crippen molar-refractivity contribution in [1.29, 1.82) is 0 Å². The number of nitrogens with zero attached hydrogens (tertiary/aromatic N) is 2. The third-order valence-corrected chi connectivity index (χ3v) is 3.10. The summed E-state index contributed by atoms with van der Waals surface area (Å²) in [5.74, 6) is 0. The van der Waals surface area contributed by atoms with E-state index >= 15 is 0 Å². The molecular formula is C9H13F3N2OS. The Morgan fingerprint density at radius 1 is 1.50 bits per heavy atom. The smallest absolute Gasteiger partial charge is 0.385 e. The van der Waals surface area contributed by atoms with E-state index in [1.807, 2.05) is 0 Å². The van der Waals surface area contributed by atoms with Gasteiger partial charge in [-0.25, -0.2) is 4.98 Å². The predicted octanol–water partition coefficient (Wildman–Crippen LogP) is 2.63. The van der Waals surface area contributed by atoms with Crippen LogP contribution in [0.5, 0.6) is 0 Å². The molecule has 0 aliphatic carbocycles. The summed E-state index contributed by atoms with van der Waals surface area (Å²) < 4.78 is 41.8. The number of rotatable bonds is 5. The third kappa shape index (κ3) is 3.64. The van der Waals surface area contributed by atoms with E-state index in [4.69, 9.17) is 4.74 Å². The summed E-state index contributed by atoms with van der Waals surface area (Å²) in [5, 5.41) is 0.378. The van der Waals surface area contributed by atoms with Crippen molar-refractivity contribution in [1.82, 2.24) is 4.98 Å². The Balaban J connectivity index is 2.56. The fourth-order valence-corrected chi connectivity index (χ4v) is 1.88. The van der Waals surface area contributed by atoms with Crippen LogP contribution in [0, 0.1) is 0 Å². The quantitative estimate of drug-likeness (QED) is 0.755. The summed E-state index contributed by atoms with van der Waals surface area (Å²) >= 11 is 0.655. The molecule has 0 aromatic carbocycles. The Labute approximate surface area is 95.9 Å². The lowest BCUT2D eigenvalue weighted by atomic mass is 10.4. The number of ether oxygens (including phenoxy) is 1. The maximum atomic E-state index is 12.3. The van der Waals surface area contributed by atoms with E-state index in [0.29, 0.717) is 29.6 Å². The topological polar surface area (TPSA) is 25.4 Å². The molecule has 0 saturated heterocycles. The van der Waals surface area contributed by atoms with Crippen LogP contribution in [0.4, 0.5) is 18.3 Å². The average molecular weight is 254 g/mol. The molecular weight excluding hydrogens is 241 g/mol. The molecule has 1 aromatic heterocycles. The van der Waals surface area contributed by atoms with Crippen LogP contribution in [0.2, 0.25) is 0 Å². The lowest BCUT2D eigenvalue weighted by molar-refractivity contribution is -0.134. The highest BCUT2D eigenvalue weighted by atomic mass is 32.1. The van der Waals surface area contributed by atoms with Crippen molar-refractivity contribution in [3.05, 3.63) is 11.1 Å². The molecule has 0 spiro atoms. The number of halogens is 3. The Bertz CT molecular complexity index is 327. The minimum Gasteiger partial charge on any atom is -0.385 e. The number of alkyl halides is 3. The lowest BCUT2D eigenvalue weighted by Gasteiger charge is -2.14. The Morgan fingerprint density at radius 2 is 2.19 bits per heavy atom. The van der Waals surface area contributed by atoms with E-state index in [9.17, 15) is 13.2 Å². The first kappa shape index (κ1) is 13.2. The van der Waals surface area contributed by atoms with E-state index in [1.165, 1.54) is 0 Å². The van der Waals surface area contributed by atoms with Gasteiger partial charge in [-0.05, 0) is 6.42 Å². The van der Waals surface area contributed by atoms with Gasteiger partial charge in [0.15, 0.2) is 5.13 Å². The highest BCUT2D eigenvalue weighted by molar-refractivity contribution is 7.15.